The molecule has 0 heterocycles. The minimum Gasteiger partial charge on any atom is -0.497 e. The van der Waals surface area contributed by atoms with Crippen molar-refractivity contribution in [3.05, 3.63) is 47.5 Å². The molecule has 0 aliphatic heterocycles. The fourth-order valence-corrected chi connectivity index (χ4v) is 2.65. The molecule has 0 fully saturated rings. The van der Waals surface area contributed by atoms with Crippen LogP contribution in [0.5, 0.6) is 11.5 Å². The van der Waals surface area contributed by atoms with Gasteiger partial charge in [-0.05, 0) is 44.3 Å². The Bertz CT molecular complexity index is 844. The molecule has 0 bridgehead atoms. The van der Waals surface area contributed by atoms with Crippen LogP contribution in [0.15, 0.2) is 42.5 Å². The number of carbonyl (C=O) groups excluding carboxylic acids is 2. The number of methoxy groups -OCH3 is 2. The third-order valence-corrected chi connectivity index (χ3v) is 4.44. The quantitative estimate of drug-likeness (QED) is 0.704. The van der Waals surface area contributed by atoms with Gasteiger partial charge < -0.3 is 20.1 Å². The van der Waals surface area contributed by atoms with Gasteiger partial charge >= 0.3 is 0 Å². The van der Waals surface area contributed by atoms with Gasteiger partial charge in [-0.3, -0.25) is 14.5 Å². The third-order valence-electron chi connectivity index (χ3n) is 4.21. The Labute approximate surface area is 169 Å². The molecule has 0 spiro atoms. The molecule has 0 saturated heterocycles. The minimum absolute atomic E-state index is 0.0162. The molecule has 0 unspecified atom stereocenters. The number of hydrogen-bond acceptors (Lipinski definition) is 5. The molecule has 7 nitrogen and oxygen atoms in total. The Morgan fingerprint density at radius 3 is 2.54 bits per heavy atom. The SMILES string of the molecule is COc1cccc(NC(=O)[C@@H](C)N(C)CC(=O)Nc2cc(Cl)ccc2OC)c1. The Kier molecular flexibility index (Phi) is 7.66. The topological polar surface area (TPSA) is 79.9 Å². The molecular weight excluding hydrogens is 382 g/mol. The van der Waals surface area contributed by atoms with E-state index in [0.717, 1.165) is 0 Å². The van der Waals surface area contributed by atoms with Gasteiger partial charge in [0.1, 0.15) is 11.5 Å². The van der Waals surface area contributed by atoms with Crippen molar-refractivity contribution in [3.63, 3.8) is 0 Å². The zero-order valence-corrected chi connectivity index (χ0v) is 17.0. The van der Waals surface area contributed by atoms with Crippen LogP contribution in [0.4, 0.5) is 11.4 Å². The molecule has 150 valence electrons. The first kappa shape index (κ1) is 21.5. The van der Waals surface area contributed by atoms with E-state index in [1.165, 1.54) is 7.11 Å². The Morgan fingerprint density at radius 2 is 1.86 bits per heavy atom. The van der Waals surface area contributed by atoms with Crippen molar-refractivity contribution in [2.75, 3.05) is 38.4 Å². The summed E-state index contributed by atoms with van der Waals surface area (Å²) in [6, 6.07) is 11.5. The fourth-order valence-electron chi connectivity index (χ4n) is 2.48. The highest BCUT2D eigenvalue weighted by atomic mass is 35.5. The van der Waals surface area contributed by atoms with Crippen LogP contribution in [-0.4, -0.2) is 50.6 Å². The number of rotatable bonds is 8. The van der Waals surface area contributed by atoms with Crippen LogP contribution in [0.2, 0.25) is 5.02 Å². The predicted molar refractivity (Wildman–Crippen MR) is 110 cm³/mol. The van der Waals surface area contributed by atoms with Crippen LogP contribution in [-0.2, 0) is 9.59 Å². The summed E-state index contributed by atoms with van der Waals surface area (Å²) in [5, 5.41) is 6.05. The van der Waals surface area contributed by atoms with E-state index in [1.54, 1.807) is 68.4 Å². The second-order valence-corrected chi connectivity index (χ2v) is 6.64. The fraction of sp³-hybridized carbons (Fsp3) is 0.300. The number of amides is 2. The van der Waals surface area contributed by atoms with Crippen LogP contribution < -0.4 is 20.1 Å². The van der Waals surface area contributed by atoms with E-state index in [9.17, 15) is 9.59 Å². The number of hydrogen-bond donors (Lipinski definition) is 2. The van der Waals surface area contributed by atoms with Crippen LogP contribution >= 0.6 is 11.6 Å². The summed E-state index contributed by atoms with van der Waals surface area (Å²) in [6.07, 6.45) is 0. The zero-order chi connectivity index (χ0) is 20.7. The number of likely N-dealkylation sites (N-methyl/N-ethyl adjacent to an activating group) is 1. The normalized spacial score (nSPS) is 11.6. The summed E-state index contributed by atoms with van der Waals surface area (Å²) in [5.41, 5.74) is 1.10. The van der Waals surface area contributed by atoms with E-state index in [-0.39, 0.29) is 18.4 Å². The van der Waals surface area contributed by atoms with Crippen molar-refractivity contribution in [1.29, 1.82) is 0 Å². The first-order valence-electron chi connectivity index (χ1n) is 8.62. The standard InChI is InChI=1S/C20H24ClN3O4/c1-13(20(26)22-15-6-5-7-16(11-15)27-3)24(2)12-19(25)23-17-10-14(21)8-9-18(17)28-4/h5-11,13H,12H2,1-4H3,(H,22,26)(H,23,25)/t13-/m1/s1. The molecule has 0 aliphatic carbocycles. The van der Waals surface area contributed by atoms with E-state index in [0.29, 0.717) is 27.9 Å². The van der Waals surface area contributed by atoms with Gasteiger partial charge in [0.15, 0.2) is 0 Å². The monoisotopic (exact) mass is 405 g/mol. The molecule has 0 radical (unpaired) electrons. The maximum atomic E-state index is 12.5. The van der Waals surface area contributed by atoms with E-state index >= 15 is 0 Å². The predicted octanol–water partition coefficient (Wildman–Crippen LogP) is 3.25. The number of benzene rings is 2. The smallest absolute Gasteiger partial charge is 0.241 e. The van der Waals surface area contributed by atoms with Gasteiger partial charge in [0.2, 0.25) is 11.8 Å². The number of nitrogens with zero attached hydrogens (tertiary/aromatic N) is 1. The number of nitrogens with one attached hydrogen (secondary N) is 2. The average Bonchev–Trinajstić information content (AvgIpc) is 2.67. The molecule has 2 amide bonds. The van der Waals surface area contributed by atoms with Crippen molar-refractivity contribution in [3.8, 4) is 11.5 Å². The summed E-state index contributed by atoms with van der Waals surface area (Å²) in [6.45, 7) is 1.74. The van der Waals surface area contributed by atoms with E-state index in [1.807, 2.05) is 0 Å². The lowest BCUT2D eigenvalue weighted by Crippen LogP contribution is -2.43. The van der Waals surface area contributed by atoms with Crippen LogP contribution in [0.3, 0.4) is 0 Å². The maximum Gasteiger partial charge on any atom is 0.241 e. The molecule has 28 heavy (non-hydrogen) atoms. The molecule has 8 heteroatoms. The molecule has 2 N–H and O–H groups in total. The molecule has 2 aromatic rings. The third kappa shape index (κ3) is 5.87. The highest BCUT2D eigenvalue weighted by molar-refractivity contribution is 6.31. The highest BCUT2D eigenvalue weighted by Gasteiger charge is 2.21. The summed E-state index contributed by atoms with van der Waals surface area (Å²) in [4.78, 5) is 26.5. The van der Waals surface area contributed by atoms with Gasteiger partial charge in [0.25, 0.3) is 0 Å². The number of ether oxygens (including phenoxy) is 2. The lowest BCUT2D eigenvalue weighted by molar-refractivity contribution is -0.122. The number of carbonyl (C=O) groups is 2. The van der Waals surface area contributed by atoms with Gasteiger partial charge in [-0.25, -0.2) is 0 Å². The van der Waals surface area contributed by atoms with E-state index in [4.69, 9.17) is 21.1 Å². The van der Waals surface area contributed by atoms with Crippen LogP contribution in [0, 0.1) is 0 Å². The van der Waals surface area contributed by atoms with Crippen LogP contribution in [0.1, 0.15) is 6.92 Å². The largest absolute Gasteiger partial charge is 0.497 e. The number of anilines is 2. The Morgan fingerprint density at radius 1 is 1.11 bits per heavy atom. The first-order valence-corrected chi connectivity index (χ1v) is 9.00. The molecule has 0 aliphatic rings. The average molecular weight is 406 g/mol. The summed E-state index contributed by atoms with van der Waals surface area (Å²) >= 11 is 5.97. The molecule has 0 saturated carbocycles. The summed E-state index contributed by atoms with van der Waals surface area (Å²) in [5.74, 6) is 0.630. The zero-order valence-electron chi connectivity index (χ0n) is 16.3. The molecular formula is C20H24ClN3O4. The molecule has 0 aromatic heterocycles. The molecule has 2 aromatic carbocycles. The minimum atomic E-state index is -0.529. The summed E-state index contributed by atoms with van der Waals surface area (Å²) in [7, 11) is 4.77. The lowest BCUT2D eigenvalue weighted by Gasteiger charge is -2.23. The summed E-state index contributed by atoms with van der Waals surface area (Å²) < 4.78 is 10.4. The van der Waals surface area contributed by atoms with Gasteiger partial charge in [0, 0.05) is 16.8 Å². The van der Waals surface area contributed by atoms with E-state index < -0.39 is 6.04 Å². The molecule has 2 rings (SSSR count). The van der Waals surface area contributed by atoms with Gasteiger partial charge in [-0.15, -0.1) is 0 Å². The Balaban J connectivity index is 1.95. The second-order valence-electron chi connectivity index (χ2n) is 6.21. The Hall–Kier alpha value is -2.77. The van der Waals surface area contributed by atoms with E-state index in [2.05, 4.69) is 10.6 Å². The van der Waals surface area contributed by atoms with Crippen molar-refractivity contribution in [2.45, 2.75) is 13.0 Å². The van der Waals surface area contributed by atoms with Crippen molar-refractivity contribution >= 4 is 34.8 Å². The lowest BCUT2D eigenvalue weighted by atomic mass is 10.2. The van der Waals surface area contributed by atoms with Gasteiger partial charge in [-0.2, -0.15) is 0 Å². The van der Waals surface area contributed by atoms with Gasteiger partial charge in [0.05, 0.1) is 32.5 Å². The molecule has 1 atom stereocenters. The number of halogens is 1. The van der Waals surface area contributed by atoms with Crippen molar-refractivity contribution in [2.24, 2.45) is 0 Å². The van der Waals surface area contributed by atoms with Crippen LogP contribution in [0.25, 0.3) is 0 Å². The first-order chi connectivity index (χ1) is 13.3. The van der Waals surface area contributed by atoms with Crippen molar-refractivity contribution in [1.82, 2.24) is 4.90 Å². The highest BCUT2D eigenvalue weighted by Crippen LogP contribution is 2.27. The van der Waals surface area contributed by atoms with Gasteiger partial charge in [-0.1, -0.05) is 17.7 Å². The maximum absolute atomic E-state index is 12.5. The van der Waals surface area contributed by atoms with Crippen molar-refractivity contribution < 1.29 is 19.1 Å². The second kappa shape index (κ2) is 9.96.